The molecular formula is C13H14BrNO3. The van der Waals surface area contributed by atoms with E-state index in [9.17, 15) is 9.59 Å². The Morgan fingerprint density at radius 2 is 2.22 bits per heavy atom. The number of rotatable bonds is 3. The first kappa shape index (κ1) is 13.1. The largest absolute Gasteiger partial charge is 0.482 e. The molecule has 0 N–H and O–H groups in total. The summed E-state index contributed by atoms with van der Waals surface area (Å²) in [5.41, 5.74) is 0.648. The van der Waals surface area contributed by atoms with Gasteiger partial charge in [0.1, 0.15) is 5.75 Å². The molecule has 4 nitrogen and oxygen atoms in total. The maximum absolute atomic E-state index is 11.9. The number of halogens is 1. The number of hydrogen-bond donors (Lipinski definition) is 0. The maximum atomic E-state index is 11.9. The normalized spacial score (nSPS) is 14.4. The fourth-order valence-electron chi connectivity index (χ4n) is 1.69. The number of ether oxygens (including phenoxy) is 1. The zero-order valence-electron chi connectivity index (χ0n) is 10.3. The van der Waals surface area contributed by atoms with Crippen LogP contribution < -0.4 is 9.64 Å². The third-order valence-electron chi connectivity index (χ3n) is 2.82. The quantitative estimate of drug-likeness (QED) is 0.861. The van der Waals surface area contributed by atoms with E-state index in [2.05, 4.69) is 15.9 Å². The van der Waals surface area contributed by atoms with Crippen molar-refractivity contribution in [2.24, 2.45) is 5.92 Å². The topological polar surface area (TPSA) is 46.6 Å². The second-order valence-electron chi connectivity index (χ2n) is 4.50. The minimum atomic E-state index is -0.186. The summed E-state index contributed by atoms with van der Waals surface area (Å²) in [5, 5.41) is 0. The van der Waals surface area contributed by atoms with Gasteiger partial charge in [-0.25, -0.2) is 0 Å². The lowest BCUT2D eigenvalue weighted by Gasteiger charge is -2.29. The zero-order valence-corrected chi connectivity index (χ0v) is 11.9. The number of carbonyl (C=O) groups is 2. The number of hydrogen-bond acceptors (Lipinski definition) is 3. The Balaban J connectivity index is 2.33. The van der Waals surface area contributed by atoms with Crippen molar-refractivity contribution < 1.29 is 14.3 Å². The van der Waals surface area contributed by atoms with Crippen molar-refractivity contribution in [1.29, 1.82) is 0 Å². The number of amides is 1. The van der Waals surface area contributed by atoms with E-state index in [-0.39, 0.29) is 30.8 Å². The minimum Gasteiger partial charge on any atom is -0.482 e. The van der Waals surface area contributed by atoms with E-state index < -0.39 is 0 Å². The van der Waals surface area contributed by atoms with Crippen LogP contribution in [0, 0.1) is 5.92 Å². The number of ketones is 1. The first-order valence-corrected chi connectivity index (χ1v) is 6.53. The minimum absolute atomic E-state index is 0.0139. The molecule has 1 aliphatic heterocycles. The van der Waals surface area contributed by atoms with E-state index in [1.165, 1.54) is 4.90 Å². The summed E-state index contributed by atoms with van der Waals surface area (Å²) >= 11 is 3.35. The molecule has 1 aliphatic rings. The van der Waals surface area contributed by atoms with E-state index in [4.69, 9.17) is 4.74 Å². The lowest BCUT2D eigenvalue weighted by Crippen LogP contribution is -2.42. The average Bonchev–Trinajstić information content (AvgIpc) is 2.32. The van der Waals surface area contributed by atoms with Gasteiger partial charge < -0.3 is 4.74 Å². The Morgan fingerprint density at radius 3 is 2.89 bits per heavy atom. The molecule has 0 atom stereocenters. The summed E-state index contributed by atoms with van der Waals surface area (Å²) in [4.78, 5) is 25.2. The van der Waals surface area contributed by atoms with Gasteiger partial charge in [0, 0.05) is 10.4 Å². The van der Waals surface area contributed by atoms with Crippen LogP contribution in [0.3, 0.4) is 0 Å². The van der Waals surface area contributed by atoms with Crippen LogP contribution in [-0.4, -0.2) is 24.8 Å². The molecule has 1 heterocycles. The monoisotopic (exact) mass is 311 g/mol. The number of fused-ring (bicyclic) bond motifs is 1. The fraction of sp³-hybridized carbons (Fsp3) is 0.385. The van der Waals surface area contributed by atoms with Gasteiger partial charge in [0.15, 0.2) is 12.4 Å². The highest BCUT2D eigenvalue weighted by molar-refractivity contribution is 9.10. The van der Waals surface area contributed by atoms with Gasteiger partial charge >= 0.3 is 0 Å². The van der Waals surface area contributed by atoms with Crippen LogP contribution in [0.1, 0.15) is 13.8 Å². The van der Waals surface area contributed by atoms with E-state index in [0.29, 0.717) is 11.4 Å². The van der Waals surface area contributed by atoms with E-state index in [1.807, 2.05) is 19.9 Å². The Hall–Kier alpha value is -1.36. The molecular weight excluding hydrogens is 298 g/mol. The van der Waals surface area contributed by atoms with Gasteiger partial charge in [0.2, 0.25) is 0 Å². The van der Waals surface area contributed by atoms with Gasteiger partial charge in [-0.15, -0.1) is 0 Å². The highest BCUT2D eigenvalue weighted by atomic mass is 79.9. The second-order valence-corrected chi connectivity index (χ2v) is 5.42. The number of anilines is 1. The van der Waals surface area contributed by atoms with Gasteiger partial charge in [-0.05, 0) is 18.2 Å². The Bertz CT molecular complexity index is 499. The highest BCUT2D eigenvalue weighted by Gasteiger charge is 2.27. The summed E-state index contributed by atoms with van der Waals surface area (Å²) in [6.07, 6.45) is 0. The molecule has 0 radical (unpaired) electrons. The van der Waals surface area contributed by atoms with E-state index in [1.54, 1.807) is 12.1 Å². The summed E-state index contributed by atoms with van der Waals surface area (Å²) in [5.74, 6) is 0.399. The Morgan fingerprint density at radius 1 is 1.50 bits per heavy atom. The molecule has 0 unspecified atom stereocenters. The maximum Gasteiger partial charge on any atom is 0.265 e. The summed E-state index contributed by atoms with van der Waals surface area (Å²) < 4.78 is 6.19. The number of carbonyl (C=O) groups excluding carboxylic acids is 2. The van der Waals surface area contributed by atoms with Crippen molar-refractivity contribution in [2.75, 3.05) is 18.1 Å². The van der Waals surface area contributed by atoms with Crippen LogP contribution in [-0.2, 0) is 9.59 Å². The first-order chi connectivity index (χ1) is 8.49. The van der Waals surface area contributed by atoms with Crippen LogP contribution >= 0.6 is 15.9 Å². The molecule has 96 valence electrons. The fourth-order valence-corrected chi connectivity index (χ4v) is 2.04. The standard InChI is InChI=1S/C13H14BrNO3/c1-8(2)11(16)6-15-10-5-9(14)3-4-12(10)18-7-13(15)17/h3-5,8H,6-7H2,1-2H3. The molecule has 1 aromatic rings. The van der Waals surface area contributed by atoms with Crippen LogP contribution in [0.2, 0.25) is 0 Å². The molecule has 0 bridgehead atoms. The number of nitrogens with zero attached hydrogens (tertiary/aromatic N) is 1. The Labute approximate surface area is 114 Å². The molecule has 0 saturated carbocycles. The van der Waals surface area contributed by atoms with Gasteiger partial charge in [-0.1, -0.05) is 29.8 Å². The molecule has 0 saturated heterocycles. The van der Waals surface area contributed by atoms with E-state index >= 15 is 0 Å². The molecule has 2 rings (SSSR count). The van der Waals surface area contributed by atoms with Gasteiger partial charge in [0.25, 0.3) is 5.91 Å². The van der Waals surface area contributed by atoms with Crippen molar-refractivity contribution in [1.82, 2.24) is 0 Å². The van der Waals surface area contributed by atoms with Crippen LogP contribution in [0.25, 0.3) is 0 Å². The molecule has 1 aromatic carbocycles. The van der Waals surface area contributed by atoms with Crippen molar-refractivity contribution in [3.05, 3.63) is 22.7 Å². The van der Waals surface area contributed by atoms with Gasteiger partial charge in [-0.2, -0.15) is 0 Å². The van der Waals surface area contributed by atoms with Crippen molar-refractivity contribution in [3.8, 4) is 5.75 Å². The SMILES string of the molecule is CC(C)C(=O)CN1C(=O)COc2ccc(Br)cc21. The summed E-state index contributed by atoms with van der Waals surface area (Å²) in [6.45, 7) is 3.74. The third-order valence-corrected chi connectivity index (χ3v) is 3.32. The van der Waals surface area contributed by atoms with Crippen molar-refractivity contribution >= 4 is 33.3 Å². The molecule has 0 aliphatic carbocycles. The molecule has 18 heavy (non-hydrogen) atoms. The predicted molar refractivity (Wildman–Crippen MR) is 71.8 cm³/mol. The summed E-state index contributed by atoms with van der Waals surface area (Å²) in [6, 6.07) is 5.43. The van der Waals surface area contributed by atoms with Gasteiger partial charge in [-0.3, -0.25) is 14.5 Å². The first-order valence-electron chi connectivity index (χ1n) is 5.74. The van der Waals surface area contributed by atoms with Crippen molar-refractivity contribution in [3.63, 3.8) is 0 Å². The second kappa shape index (κ2) is 5.10. The van der Waals surface area contributed by atoms with Crippen LogP contribution in [0.5, 0.6) is 5.75 Å². The van der Waals surface area contributed by atoms with Crippen LogP contribution in [0.15, 0.2) is 22.7 Å². The van der Waals surface area contributed by atoms with Crippen LogP contribution in [0.4, 0.5) is 5.69 Å². The molecule has 0 spiro atoms. The average molecular weight is 312 g/mol. The van der Waals surface area contributed by atoms with E-state index in [0.717, 1.165) is 4.47 Å². The molecule has 0 fully saturated rings. The summed E-state index contributed by atoms with van der Waals surface area (Å²) in [7, 11) is 0. The molecule has 1 amide bonds. The van der Waals surface area contributed by atoms with Gasteiger partial charge in [0.05, 0.1) is 12.2 Å². The molecule has 0 aromatic heterocycles. The Kier molecular flexibility index (Phi) is 3.71. The lowest BCUT2D eigenvalue weighted by molar-refractivity contribution is -0.125. The zero-order chi connectivity index (χ0) is 13.3. The highest BCUT2D eigenvalue weighted by Crippen LogP contribution is 2.34. The van der Waals surface area contributed by atoms with Crippen molar-refractivity contribution in [2.45, 2.75) is 13.8 Å². The lowest BCUT2D eigenvalue weighted by atomic mass is 10.1. The number of benzene rings is 1. The third kappa shape index (κ3) is 2.56. The predicted octanol–water partition coefficient (Wildman–Crippen LogP) is 2.40. The smallest absolute Gasteiger partial charge is 0.265 e. The number of Topliss-reactive ketones (excluding diaryl/α,β-unsaturated/α-hetero) is 1. The molecule has 5 heteroatoms.